The van der Waals surface area contributed by atoms with Crippen molar-refractivity contribution in [3.8, 4) is 39.7 Å². The zero-order valence-corrected chi connectivity index (χ0v) is 17.7. The van der Waals surface area contributed by atoms with Crippen LogP contribution in [0.5, 0.6) is 5.75 Å². The van der Waals surface area contributed by atoms with E-state index in [0.717, 1.165) is 16.8 Å². The fourth-order valence-electron chi connectivity index (χ4n) is 3.04. The van der Waals surface area contributed by atoms with E-state index in [1.165, 1.54) is 6.07 Å². The molecule has 0 aliphatic heterocycles. The van der Waals surface area contributed by atoms with E-state index in [9.17, 15) is 14.3 Å². The van der Waals surface area contributed by atoms with Crippen LogP contribution in [0.2, 0.25) is 0 Å². The molecule has 0 spiro atoms. The lowest BCUT2D eigenvalue weighted by Gasteiger charge is -2.19. The lowest BCUT2D eigenvalue weighted by atomic mass is 9.95. The highest BCUT2D eigenvalue weighted by Gasteiger charge is 2.28. The number of aromatic nitrogens is 3. The highest BCUT2D eigenvalue weighted by molar-refractivity contribution is 5.73. The molecule has 7 heteroatoms. The van der Waals surface area contributed by atoms with E-state index in [2.05, 4.69) is 15.0 Å². The lowest BCUT2D eigenvalue weighted by molar-refractivity contribution is -0.148. The first-order valence-corrected chi connectivity index (χ1v) is 10.1. The summed E-state index contributed by atoms with van der Waals surface area (Å²) >= 11 is 0. The molecular weight excluding hydrogens is 409 g/mol. The maximum atomic E-state index is 14.0. The van der Waals surface area contributed by atoms with Crippen molar-refractivity contribution in [3.05, 3.63) is 78.9 Å². The SMILES string of the molecule is CC(C)(COc1ccc(-c2ccc(-c3ncc(-c4ccccc4F)[nH]3)cn2)cc1)C(=O)O. The molecule has 0 saturated carbocycles. The average Bonchev–Trinajstić information content (AvgIpc) is 3.28. The van der Waals surface area contributed by atoms with Crippen molar-refractivity contribution in [2.75, 3.05) is 6.61 Å². The Kier molecular flexibility index (Phi) is 5.73. The molecule has 4 aromatic rings. The standard InChI is InChI=1S/C25H22FN3O3/c1-25(2,24(30)31)15-32-18-10-7-16(8-11-18)21-12-9-17(13-27-21)23-28-14-22(29-23)19-5-3-4-6-20(19)26/h3-14H,15H2,1-2H3,(H,28,29)(H,30,31). The van der Waals surface area contributed by atoms with Crippen molar-refractivity contribution in [2.24, 2.45) is 5.41 Å². The summed E-state index contributed by atoms with van der Waals surface area (Å²) in [6.07, 6.45) is 3.31. The van der Waals surface area contributed by atoms with E-state index >= 15 is 0 Å². The van der Waals surface area contributed by atoms with Gasteiger partial charge in [-0.15, -0.1) is 0 Å². The summed E-state index contributed by atoms with van der Waals surface area (Å²) in [6, 6.07) is 17.6. The number of H-pyrrole nitrogens is 1. The molecule has 2 aromatic carbocycles. The Hall–Kier alpha value is -4.00. The van der Waals surface area contributed by atoms with Crippen LogP contribution >= 0.6 is 0 Å². The largest absolute Gasteiger partial charge is 0.492 e. The maximum absolute atomic E-state index is 14.0. The normalized spacial score (nSPS) is 11.3. The van der Waals surface area contributed by atoms with Gasteiger partial charge in [-0.2, -0.15) is 0 Å². The summed E-state index contributed by atoms with van der Waals surface area (Å²) in [5.41, 5.74) is 2.55. The number of benzene rings is 2. The van der Waals surface area contributed by atoms with Gasteiger partial charge >= 0.3 is 5.97 Å². The number of aliphatic carboxylic acids is 1. The Morgan fingerprint density at radius 2 is 1.72 bits per heavy atom. The average molecular weight is 431 g/mol. The van der Waals surface area contributed by atoms with E-state index in [1.807, 2.05) is 24.3 Å². The summed E-state index contributed by atoms with van der Waals surface area (Å²) < 4.78 is 19.6. The fraction of sp³-hybridized carbons (Fsp3) is 0.160. The molecular formula is C25H22FN3O3. The van der Waals surface area contributed by atoms with Crippen molar-refractivity contribution in [2.45, 2.75) is 13.8 Å². The molecule has 2 aromatic heterocycles. The number of halogens is 1. The van der Waals surface area contributed by atoms with Gasteiger partial charge in [0.05, 0.1) is 23.0 Å². The van der Waals surface area contributed by atoms with E-state index in [-0.39, 0.29) is 12.4 Å². The van der Waals surface area contributed by atoms with Crippen LogP contribution in [0.3, 0.4) is 0 Å². The number of pyridine rings is 1. The number of carboxylic acid groups (broad SMARTS) is 1. The number of carboxylic acids is 1. The first-order valence-electron chi connectivity index (χ1n) is 10.1. The molecule has 2 N–H and O–H groups in total. The van der Waals surface area contributed by atoms with Gasteiger partial charge in [0, 0.05) is 22.9 Å². The highest BCUT2D eigenvalue weighted by atomic mass is 19.1. The predicted octanol–water partition coefficient (Wildman–Crippen LogP) is 5.43. The molecule has 0 saturated heterocycles. The predicted molar refractivity (Wildman–Crippen MR) is 120 cm³/mol. The number of hydrogen-bond donors (Lipinski definition) is 2. The van der Waals surface area contributed by atoms with E-state index in [1.54, 1.807) is 56.6 Å². The highest BCUT2D eigenvalue weighted by Crippen LogP contribution is 2.26. The number of rotatable bonds is 7. The van der Waals surface area contributed by atoms with Crippen LogP contribution in [0.15, 0.2) is 73.1 Å². The summed E-state index contributed by atoms with van der Waals surface area (Å²) in [6.45, 7) is 3.31. The van der Waals surface area contributed by atoms with E-state index in [0.29, 0.717) is 22.8 Å². The van der Waals surface area contributed by atoms with Crippen molar-refractivity contribution in [3.63, 3.8) is 0 Å². The quantitative estimate of drug-likeness (QED) is 0.407. The molecule has 6 nitrogen and oxygen atoms in total. The molecule has 162 valence electrons. The second-order valence-electron chi connectivity index (χ2n) is 8.06. The van der Waals surface area contributed by atoms with Gasteiger partial charge in [-0.1, -0.05) is 12.1 Å². The number of ether oxygens (including phenoxy) is 1. The number of nitrogens with one attached hydrogen (secondary N) is 1. The molecule has 0 unspecified atom stereocenters. The minimum atomic E-state index is -0.964. The summed E-state index contributed by atoms with van der Waals surface area (Å²) in [5.74, 6) is -0.0193. The van der Waals surface area contributed by atoms with Gasteiger partial charge < -0.3 is 14.8 Å². The molecule has 0 radical (unpaired) electrons. The number of hydrogen-bond acceptors (Lipinski definition) is 4. The Morgan fingerprint density at radius 3 is 2.38 bits per heavy atom. The van der Waals surface area contributed by atoms with Crippen LogP contribution in [0, 0.1) is 11.2 Å². The molecule has 4 rings (SSSR count). The van der Waals surface area contributed by atoms with Gasteiger partial charge in [-0.25, -0.2) is 9.37 Å². The monoisotopic (exact) mass is 431 g/mol. The van der Waals surface area contributed by atoms with Crippen LogP contribution in [-0.4, -0.2) is 32.6 Å². The van der Waals surface area contributed by atoms with Crippen molar-refractivity contribution in [1.82, 2.24) is 15.0 Å². The summed E-state index contributed by atoms with van der Waals surface area (Å²) in [7, 11) is 0. The van der Waals surface area contributed by atoms with Crippen LogP contribution in [0.4, 0.5) is 4.39 Å². The minimum Gasteiger partial charge on any atom is -0.492 e. The van der Waals surface area contributed by atoms with Gasteiger partial charge in [-0.05, 0) is 62.4 Å². The number of carbonyl (C=O) groups is 1. The molecule has 0 amide bonds. The van der Waals surface area contributed by atoms with Crippen molar-refractivity contribution >= 4 is 5.97 Å². The Bertz CT molecular complexity index is 1230. The third kappa shape index (κ3) is 4.51. The van der Waals surface area contributed by atoms with E-state index in [4.69, 9.17) is 4.74 Å². The number of imidazole rings is 1. The Balaban J connectivity index is 1.46. The molecule has 0 aliphatic carbocycles. The van der Waals surface area contributed by atoms with Crippen LogP contribution < -0.4 is 4.74 Å². The second-order valence-corrected chi connectivity index (χ2v) is 8.06. The van der Waals surface area contributed by atoms with Crippen LogP contribution in [0.25, 0.3) is 33.9 Å². The van der Waals surface area contributed by atoms with Gasteiger partial charge in [0.1, 0.15) is 24.0 Å². The first-order chi connectivity index (χ1) is 15.3. The molecule has 0 aliphatic rings. The van der Waals surface area contributed by atoms with Crippen LogP contribution in [-0.2, 0) is 4.79 Å². The fourth-order valence-corrected chi connectivity index (χ4v) is 3.04. The zero-order valence-electron chi connectivity index (χ0n) is 17.7. The van der Waals surface area contributed by atoms with Crippen LogP contribution in [0.1, 0.15) is 13.8 Å². The smallest absolute Gasteiger partial charge is 0.312 e. The number of aromatic amines is 1. The molecule has 0 bridgehead atoms. The maximum Gasteiger partial charge on any atom is 0.312 e. The van der Waals surface area contributed by atoms with Gasteiger partial charge in [0.2, 0.25) is 0 Å². The third-order valence-electron chi connectivity index (χ3n) is 5.11. The van der Waals surface area contributed by atoms with E-state index < -0.39 is 11.4 Å². The Labute approximate surface area is 184 Å². The molecule has 2 heterocycles. The summed E-state index contributed by atoms with van der Waals surface area (Å²) in [5, 5.41) is 9.18. The third-order valence-corrected chi connectivity index (χ3v) is 5.11. The zero-order chi connectivity index (χ0) is 22.7. The number of nitrogens with zero attached hydrogens (tertiary/aromatic N) is 2. The van der Waals surface area contributed by atoms with Gasteiger partial charge in [-0.3, -0.25) is 9.78 Å². The van der Waals surface area contributed by atoms with Gasteiger partial charge in [0.15, 0.2) is 0 Å². The first kappa shape index (κ1) is 21.2. The minimum absolute atomic E-state index is 0.0760. The lowest BCUT2D eigenvalue weighted by Crippen LogP contribution is -2.30. The second kappa shape index (κ2) is 8.63. The van der Waals surface area contributed by atoms with Crippen molar-refractivity contribution in [1.29, 1.82) is 0 Å². The topological polar surface area (TPSA) is 88.1 Å². The molecule has 0 atom stereocenters. The van der Waals surface area contributed by atoms with Crippen molar-refractivity contribution < 1.29 is 19.0 Å². The van der Waals surface area contributed by atoms with Gasteiger partial charge in [0.25, 0.3) is 0 Å². The Morgan fingerprint density at radius 1 is 1.00 bits per heavy atom. The molecule has 0 fully saturated rings. The summed E-state index contributed by atoms with van der Waals surface area (Å²) in [4.78, 5) is 23.2. The molecule has 32 heavy (non-hydrogen) atoms.